The number of ether oxygens (including phenoxy) is 1. The summed E-state index contributed by atoms with van der Waals surface area (Å²) >= 11 is 0. The van der Waals surface area contributed by atoms with Crippen LogP contribution in [0.2, 0.25) is 0 Å². The molecule has 24 heavy (non-hydrogen) atoms. The molecule has 0 aliphatic rings. The lowest BCUT2D eigenvalue weighted by atomic mass is 10.1. The van der Waals surface area contributed by atoms with E-state index in [1.54, 1.807) is 25.2 Å². The van der Waals surface area contributed by atoms with Gasteiger partial charge in [-0.25, -0.2) is 4.39 Å². The molecule has 0 saturated heterocycles. The van der Waals surface area contributed by atoms with Crippen LogP contribution in [-0.4, -0.2) is 26.1 Å². The standard InChI is InChI=1S/C18H21FN2O2.ClH/c1-20-12-11-18(22)21-16(14-7-3-2-4-8-14)13-23-17-10-6-5-9-15(17)19;/h2-10,16,20H,11-13H2,1H3,(H,21,22);1H. The molecule has 0 fully saturated rings. The number of halogens is 2. The second-order valence-electron chi connectivity index (χ2n) is 5.13. The number of rotatable bonds is 8. The Morgan fingerprint density at radius 1 is 1.12 bits per heavy atom. The molecule has 0 heterocycles. The van der Waals surface area contributed by atoms with Gasteiger partial charge in [0.05, 0.1) is 6.04 Å². The van der Waals surface area contributed by atoms with Crippen molar-refractivity contribution in [1.82, 2.24) is 10.6 Å². The molecule has 0 saturated carbocycles. The van der Waals surface area contributed by atoms with Crippen molar-refractivity contribution in [3.8, 4) is 5.75 Å². The molecule has 1 amide bonds. The fourth-order valence-corrected chi connectivity index (χ4v) is 2.15. The molecule has 0 aliphatic heterocycles. The first kappa shape index (κ1) is 19.9. The van der Waals surface area contributed by atoms with Crippen molar-refractivity contribution in [1.29, 1.82) is 0 Å². The molecule has 130 valence electrons. The Hall–Kier alpha value is -2.11. The van der Waals surface area contributed by atoms with Gasteiger partial charge in [0, 0.05) is 13.0 Å². The predicted octanol–water partition coefficient (Wildman–Crippen LogP) is 3.09. The first-order valence-electron chi connectivity index (χ1n) is 7.57. The van der Waals surface area contributed by atoms with Crippen LogP contribution in [0.4, 0.5) is 4.39 Å². The molecule has 1 unspecified atom stereocenters. The largest absolute Gasteiger partial charge is 0.488 e. The van der Waals surface area contributed by atoms with Crippen molar-refractivity contribution in [2.75, 3.05) is 20.2 Å². The van der Waals surface area contributed by atoms with Gasteiger partial charge < -0.3 is 15.4 Å². The van der Waals surface area contributed by atoms with E-state index in [-0.39, 0.29) is 36.7 Å². The fraction of sp³-hybridized carbons (Fsp3) is 0.278. The van der Waals surface area contributed by atoms with E-state index >= 15 is 0 Å². The third kappa shape index (κ3) is 6.18. The molecule has 4 nitrogen and oxygen atoms in total. The molecule has 0 aromatic heterocycles. The number of benzene rings is 2. The minimum atomic E-state index is -0.416. The Bertz CT molecular complexity index is 625. The highest BCUT2D eigenvalue weighted by atomic mass is 35.5. The van der Waals surface area contributed by atoms with Crippen molar-refractivity contribution in [2.45, 2.75) is 12.5 Å². The molecule has 6 heteroatoms. The maximum atomic E-state index is 13.7. The summed E-state index contributed by atoms with van der Waals surface area (Å²) in [7, 11) is 1.79. The van der Waals surface area contributed by atoms with Gasteiger partial charge in [-0.1, -0.05) is 42.5 Å². The van der Waals surface area contributed by atoms with Crippen LogP contribution in [0.25, 0.3) is 0 Å². The number of nitrogens with one attached hydrogen (secondary N) is 2. The average Bonchev–Trinajstić information content (AvgIpc) is 2.58. The normalized spacial score (nSPS) is 11.2. The minimum Gasteiger partial charge on any atom is -0.488 e. The van der Waals surface area contributed by atoms with Gasteiger partial charge in [-0.3, -0.25) is 4.79 Å². The number of amides is 1. The zero-order chi connectivity index (χ0) is 16.5. The maximum absolute atomic E-state index is 13.7. The van der Waals surface area contributed by atoms with Crippen LogP contribution in [-0.2, 0) is 4.79 Å². The number of hydrogen-bond donors (Lipinski definition) is 2. The SMILES string of the molecule is CNCCC(=O)NC(COc1ccccc1F)c1ccccc1.Cl. The Kier molecular flexibility index (Phi) is 8.83. The predicted molar refractivity (Wildman–Crippen MR) is 95.0 cm³/mol. The van der Waals surface area contributed by atoms with E-state index in [4.69, 9.17) is 4.74 Å². The molecular formula is C18H22ClFN2O2. The molecule has 0 spiro atoms. The lowest BCUT2D eigenvalue weighted by molar-refractivity contribution is -0.122. The number of hydrogen-bond acceptors (Lipinski definition) is 3. The van der Waals surface area contributed by atoms with Crippen LogP contribution < -0.4 is 15.4 Å². The summed E-state index contributed by atoms with van der Waals surface area (Å²) < 4.78 is 19.2. The van der Waals surface area contributed by atoms with E-state index in [1.807, 2.05) is 30.3 Å². The molecule has 1 atom stereocenters. The topological polar surface area (TPSA) is 50.4 Å². The zero-order valence-corrected chi connectivity index (χ0v) is 14.3. The number of carbonyl (C=O) groups is 1. The van der Waals surface area contributed by atoms with E-state index in [0.29, 0.717) is 13.0 Å². The van der Waals surface area contributed by atoms with Crippen molar-refractivity contribution < 1.29 is 13.9 Å². The van der Waals surface area contributed by atoms with Gasteiger partial charge >= 0.3 is 0 Å². The highest BCUT2D eigenvalue weighted by Crippen LogP contribution is 2.19. The van der Waals surface area contributed by atoms with Crippen molar-refractivity contribution >= 4 is 18.3 Å². The Morgan fingerprint density at radius 3 is 2.46 bits per heavy atom. The van der Waals surface area contributed by atoms with Crippen LogP contribution >= 0.6 is 12.4 Å². The third-order valence-electron chi connectivity index (χ3n) is 3.38. The van der Waals surface area contributed by atoms with Gasteiger partial charge in [-0.2, -0.15) is 0 Å². The van der Waals surface area contributed by atoms with Gasteiger partial charge in [0.25, 0.3) is 0 Å². The molecule has 2 rings (SSSR count). The van der Waals surface area contributed by atoms with Gasteiger partial charge in [-0.05, 0) is 24.7 Å². The Labute approximate surface area is 147 Å². The molecule has 0 radical (unpaired) electrons. The lowest BCUT2D eigenvalue weighted by Crippen LogP contribution is -2.33. The summed E-state index contributed by atoms with van der Waals surface area (Å²) in [5, 5.41) is 5.87. The summed E-state index contributed by atoms with van der Waals surface area (Å²) in [6.07, 6.45) is 0.375. The monoisotopic (exact) mass is 352 g/mol. The summed E-state index contributed by atoms with van der Waals surface area (Å²) in [6.45, 7) is 0.762. The van der Waals surface area contributed by atoms with Crippen molar-refractivity contribution in [3.63, 3.8) is 0 Å². The average molecular weight is 353 g/mol. The van der Waals surface area contributed by atoms with E-state index < -0.39 is 5.82 Å². The van der Waals surface area contributed by atoms with Crippen LogP contribution in [0.15, 0.2) is 54.6 Å². The third-order valence-corrected chi connectivity index (χ3v) is 3.38. The lowest BCUT2D eigenvalue weighted by Gasteiger charge is -2.20. The Balaban J connectivity index is 0.00000288. The summed E-state index contributed by atoms with van der Waals surface area (Å²) in [5.41, 5.74) is 0.918. The smallest absolute Gasteiger partial charge is 0.221 e. The number of carbonyl (C=O) groups excluding carboxylic acids is 1. The molecule has 0 aliphatic carbocycles. The second-order valence-corrected chi connectivity index (χ2v) is 5.13. The number of para-hydroxylation sites is 1. The fourth-order valence-electron chi connectivity index (χ4n) is 2.15. The van der Waals surface area contributed by atoms with E-state index in [0.717, 1.165) is 5.56 Å². The Morgan fingerprint density at radius 2 is 1.79 bits per heavy atom. The second kappa shape index (κ2) is 10.6. The highest BCUT2D eigenvalue weighted by Gasteiger charge is 2.16. The minimum absolute atomic E-state index is 0. The zero-order valence-electron chi connectivity index (χ0n) is 13.5. The highest BCUT2D eigenvalue weighted by molar-refractivity contribution is 5.85. The molecule has 2 aromatic carbocycles. The maximum Gasteiger partial charge on any atom is 0.221 e. The molecular weight excluding hydrogens is 331 g/mol. The molecule has 2 aromatic rings. The van der Waals surface area contributed by atoms with Gasteiger partial charge in [0.2, 0.25) is 5.91 Å². The quantitative estimate of drug-likeness (QED) is 0.767. The summed E-state index contributed by atoms with van der Waals surface area (Å²) in [6, 6.07) is 15.4. The van der Waals surface area contributed by atoms with Crippen LogP contribution in [0.1, 0.15) is 18.0 Å². The first-order chi connectivity index (χ1) is 11.2. The summed E-state index contributed by atoms with van der Waals surface area (Å²) in [5.74, 6) is -0.316. The molecule has 2 N–H and O–H groups in total. The first-order valence-corrected chi connectivity index (χ1v) is 7.57. The van der Waals surface area contributed by atoms with E-state index in [9.17, 15) is 9.18 Å². The van der Waals surface area contributed by atoms with Crippen LogP contribution in [0.5, 0.6) is 5.75 Å². The van der Waals surface area contributed by atoms with Gasteiger partial charge in [-0.15, -0.1) is 12.4 Å². The summed E-state index contributed by atoms with van der Waals surface area (Å²) in [4.78, 5) is 12.0. The van der Waals surface area contributed by atoms with Crippen LogP contribution in [0, 0.1) is 5.82 Å². The van der Waals surface area contributed by atoms with E-state index in [2.05, 4.69) is 10.6 Å². The van der Waals surface area contributed by atoms with Gasteiger partial charge in [0.1, 0.15) is 6.61 Å². The molecule has 0 bridgehead atoms. The van der Waals surface area contributed by atoms with Gasteiger partial charge in [0.15, 0.2) is 11.6 Å². The van der Waals surface area contributed by atoms with Crippen molar-refractivity contribution in [2.24, 2.45) is 0 Å². The van der Waals surface area contributed by atoms with Crippen molar-refractivity contribution in [3.05, 3.63) is 66.0 Å². The van der Waals surface area contributed by atoms with Crippen LogP contribution in [0.3, 0.4) is 0 Å². The van der Waals surface area contributed by atoms with E-state index in [1.165, 1.54) is 6.07 Å².